The van der Waals surface area contributed by atoms with E-state index in [1.165, 1.54) is 23.0 Å². The number of ether oxygens (including phenoxy) is 1. The number of fused-ring (bicyclic) bond motifs is 8. The number of carboxylic acid groups (broad SMARTS) is 1. The number of carboxylic acids is 1. The Morgan fingerprint density at radius 2 is 1.84 bits per heavy atom. The highest BCUT2D eigenvalue weighted by molar-refractivity contribution is 7.91. The molecule has 0 amide bonds. The van der Waals surface area contributed by atoms with Crippen molar-refractivity contribution in [3.63, 3.8) is 0 Å². The minimum Gasteiger partial charge on any atom is -0.481 e. The van der Waals surface area contributed by atoms with Crippen LogP contribution in [0.15, 0.2) is 54.7 Å². The number of nitrogens with zero attached hydrogens (tertiary/aromatic N) is 3. The fourth-order valence-corrected chi connectivity index (χ4v) is 9.11. The van der Waals surface area contributed by atoms with Gasteiger partial charge in [-0.15, -0.1) is 0 Å². The number of aromatic amines is 1. The zero-order valence-electron chi connectivity index (χ0n) is 29.2. The van der Waals surface area contributed by atoms with Gasteiger partial charge in [0.2, 0.25) is 5.82 Å². The average Bonchev–Trinajstić information content (AvgIpc) is 3.70. The minimum absolute atomic E-state index is 0.00936. The molecule has 3 heterocycles. The van der Waals surface area contributed by atoms with Crippen molar-refractivity contribution in [2.75, 3.05) is 11.5 Å². The van der Waals surface area contributed by atoms with Crippen LogP contribution in [0.2, 0.25) is 0 Å². The van der Waals surface area contributed by atoms with Gasteiger partial charge in [-0.2, -0.15) is 9.49 Å². The van der Waals surface area contributed by atoms with Crippen molar-refractivity contribution in [1.82, 2.24) is 19.7 Å². The first-order valence-electron chi connectivity index (χ1n) is 16.9. The zero-order chi connectivity index (χ0) is 36.9. The number of nitrogens with one attached hydrogen (secondary N) is 1. The molecule has 13 heteroatoms. The van der Waals surface area contributed by atoms with Gasteiger partial charge in [0.25, 0.3) is 0 Å². The number of hydrogen-bond donors (Lipinski definition) is 2. The number of aryl methyl sites for hydroxylation is 2. The lowest BCUT2D eigenvalue weighted by atomic mass is 9.75. The number of sulfone groups is 1. The van der Waals surface area contributed by atoms with E-state index in [0.717, 1.165) is 17.2 Å². The molecule has 0 radical (unpaired) electrons. The molecular weight excluding hydrogens is 682 g/mol. The van der Waals surface area contributed by atoms with E-state index in [1.807, 2.05) is 45.0 Å². The summed E-state index contributed by atoms with van der Waals surface area (Å²) in [5.74, 6) is -5.03. The van der Waals surface area contributed by atoms with Gasteiger partial charge >= 0.3 is 5.97 Å². The molecule has 0 saturated carbocycles. The van der Waals surface area contributed by atoms with Gasteiger partial charge < -0.3 is 14.8 Å². The van der Waals surface area contributed by atoms with Crippen LogP contribution >= 0.6 is 0 Å². The monoisotopic (exact) mass is 722 g/mol. The smallest absolute Gasteiger partial charge is 0.306 e. The number of carbonyl (C=O) groups is 1. The van der Waals surface area contributed by atoms with Gasteiger partial charge in [-0.1, -0.05) is 51.5 Å². The predicted octanol–water partition coefficient (Wildman–Crippen LogP) is 7.91. The summed E-state index contributed by atoms with van der Waals surface area (Å²) >= 11 is 0. The normalized spacial score (nSPS) is 19.8. The summed E-state index contributed by atoms with van der Waals surface area (Å²) in [5.41, 5.74) is 0.241. The Morgan fingerprint density at radius 1 is 1.08 bits per heavy atom. The van der Waals surface area contributed by atoms with Gasteiger partial charge in [-0.25, -0.2) is 26.9 Å². The van der Waals surface area contributed by atoms with Crippen molar-refractivity contribution in [3.8, 4) is 22.9 Å². The van der Waals surface area contributed by atoms with E-state index in [9.17, 15) is 18.3 Å². The zero-order valence-corrected chi connectivity index (χ0v) is 30.0. The molecule has 9 nitrogen and oxygen atoms in total. The number of rotatable bonds is 4. The minimum atomic E-state index is -3.70. The van der Waals surface area contributed by atoms with Crippen LogP contribution in [-0.4, -0.2) is 50.7 Å². The largest absolute Gasteiger partial charge is 0.481 e. The fourth-order valence-electron chi connectivity index (χ4n) is 7.12. The van der Waals surface area contributed by atoms with E-state index in [-0.39, 0.29) is 51.5 Å². The maximum absolute atomic E-state index is 15.7. The van der Waals surface area contributed by atoms with Crippen molar-refractivity contribution in [2.45, 2.75) is 65.2 Å². The Bertz CT molecular complexity index is 2250. The number of H-pyrrole nitrogens is 1. The van der Waals surface area contributed by atoms with E-state index in [0.29, 0.717) is 31.5 Å². The molecule has 1 aliphatic rings. The highest BCUT2D eigenvalue weighted by Gasteiger charge is 2.36. The lowest BCUT2D eigenvalue weighted by Crippen LogP contribution is -2.29. The summed E-state index contributed by atoms with van der Waals surface area (Å²) in [6.45, 7) is 7.39. The van der Waals surface area contributed by atoms with Crippen molar-refractivity contribution in [2.24, 2.45) is 18.4 Å². The number of aliphatic carboxylic acids is 1. The summed E-state index contributed by atoms with van der Waals surface area (Å²) in [5, 5.41) is 14.6. The quantitative estimate of drug-likeness (QED) is 0.193. The molecule has 5 aromatic rings. The number of aromatic nitrogens is 4. The highest BCUT2D eigenvalue weighted by atomic mass is 32.2. The molecule has 0 spiro atoms. The van der Waals surface area contributed by atoms with Crippen LogP contribution in [-0.2, 0) is 39.9 Å². The van der Waals surface area contributed by atoms with Gasteiger partial charge in [-0.3, -0.25) is 4.79 Å². The second-order valence-corrected chi connectivity index (χ2v) is 16.8. The van der Waals surface area contributed by atoms with Crippen LogP contribution < -0.4 is 4.74 Å². The van der Waals surface area contributed by atoms with E-state index >= 15 is 13.2 Å². The Morgan fingerprint density at radius 3 is 2.59 bits per heavy atom. The molecule has 3 aromatic carbocycles. The van der Waals surface area contributed by atoms with Crippen molar-refractivity contribution in [3.05, 3.63) is 94.7 Å². The standard InChI is InChI=1S/C38H41F3N4O5S/c1-22(35(46)47)18-23-8-6-9-24(19-23)38(4)15-7-14-37(2,3)21-51(48,49)17-13-27-26-12-16-42-32(26)30(40)31(41)33(27)50-25-10-11-29(39)28(20-25)34-43-36(38)44-45(34)5/h6,8-12,16,19-20,22,42H,7,13-15,17-18,21H2,1-5H3,(H,46,47)/t22-,38-/m1/s1. The molecule has 51 heavy (non-hydrogen) atoms. The molecule has 0 aliphatic carbocycles. The van der Waals surface area contributed by atoms with Crippen LogP contribution in [0.1, 0.15) is 69.5 Å². The summed E-state index contributed by atoms with van der Waals surface area (Å²) < 4.78 is 81.2. The van der Waals surface area contributed by atoms with Gasteiger partial charge in [-0.05, 0) is 73.4 Å². The highest BCUT2D eigenvalue weighted by Crippen LogP contribution is 2.41. The molecular formula is C38H41F3N4O5S. The lowest BCUT2D eigenvalue weighted by molar-refractivity contribution is -0.141. The second kappa shape index (κ2) is 13.5. The molecule has 2 atom stereocenters. The number of benzene rings is 3. The van der Waals surface area contributed by atoms with Crippen LogP contribution in [0.5, 0.6) is 11.5 Å². The predicted molar refractivity (Wildman–Crippen MR) is 188 cm³/mol. The van der Waals surface area contributed by atoms with Gasteiger partial charge in [0.05, 0.1) is 33.9 Å². The third kappa shape index (κ3) is 7.26. The maximum Gasteiger partial charge on any atom is 0.306 e. The maximum atomic E-state index is 15.7. The average molecular weight is 723 g/mol. The van der Waals surface area contributed by atoms with Crippen molar-refractivity contribution >= 4 is 26.7 Å². The lowest BCUT2D eigenvalue weighted by Gasteiger charge is -2.31. The molecule has 4 bridgehead atoms. The Kier molecular flexibility index (Phi) is 9.55. The first-order chi connectivity index (χ1) is 24.0. The Labute approximate surface area is 294 Å². The van der Waals surface area contributed by atoms with E-state index < -0.39 is 55.8 Å². The first-order valence-corrected chi connectivity index (χ1v) is 18.7. The van der Waals surface area contributed by atoms with Gasteiger partial charge in [0.1, 0.15) is 11.6 Å². The molecule has 2 N–H and O–H groups in total. The third-order valence-electron chi connectivity index (χ3n) is 9.94. The third-order valence-corrected chi connectivity index (χ3v) is 12.0. The fraction of sp³-hybridized carbons (Fsp3) is 0.395. The van der Waals surface area contributed by atoms with E-state index in [4.69, 9.17) is 14.8 Å². The summed E-state index contributed by atoms with van der Waals surface area (Å²) in [6, 6.07) is 12.9. The van der Waals surface area contributed by atoms with Gasteiger partial charge in [0.15, 0.2) is 33.1 Å². The topological polar surface area (TPSA) is 127 Å². The summed E-state index contributed by atoms with van der Waals surface area (Å²) in [4.78, 5) is 19.2. The van der Waals surface area contributed by atoms with Gasteiger partial charge in [0, 0.05) is 24.2 Å². The van der Waals surface area contributed by atoms with Crippen LogP contribution in [0.4, 0.5) is 13.2 Å². The van der Waals surface area contributed by atoms with Crippen molar-refractivity contribution in [1.29, 1.82) is 0 Å². The molecule has 0 unspecified atom stereocenters. The SMILES string of the molecule is C[C@H](Cc1cccc([C@@]2(C)CCCC(C)(C)CS(=O)(=O)CCc3c(c(F)c(F)c4[nH]ccc34)Oc3ccc(F)c(c3)-c3nc2nn3C)c1)C(=O)O. The molecule has 0 fully saturated rings. The molecule has 270 valence electrons. The number of hydrogen-bond acceptors (Lipinski definition) is 6. The van der Waals surface area contributed by atoms with Crippen molar-refractivity contribution < 1.29 is 36.2 Å². The molecule has 6 rings (SSSR count). The van der Waals surface area contributed by atoms with Crippen LogP contribution in [0, 0.1) is 28.8 Å². The van der Waals surface area contributed by atoms with E-state index in [1.54, 1.807) is 20.0 Å². The second-order valence-electron chi connectivity index (χ2n) is 14.7. The van der Waals surface area contributed by atoms with Crippen LogP contribution in [0.3, 0.4) is 0 Å². The Balaban J connectivity index is 1.51. The molecule has 0 saturated heterocycles. The molecule has 1 aliphatic heterocycles. The van der Waals surface area contributed by atoms with Crippen LogP contribution in [0.25, 0.3) is 22.3 Å². The molecule has 2 aromatic heterocycles. The Hall–Kier alpha value is -4.65. The summed E-state index contributed by atoms with van der Waals surface area (Å²) in [6.07, 6.45) is 3.22. The summed E-state index contributed by atoms with van der Waals surface area (Å²) in [7, 11) is -2.07. The van der Waals surface area contributed by atoms with E-state index in [2.05, 4.69) is 4.98 Å². The first kappa shape index (κ1) is 36.2. The number of halogens is 3.